The third-order valence-electron chi connectivity index (χ3n) is 6.73. The molecule has 0 aliphatic carbocycles. The number of rotatable bonds is 5. The SMILES string of the molecule is O=c1cccc2n1CC1CC2CN(S(=O)(=O)c2cn(Cc3ccccc3)nc2-c2cccs2)C1. The summed E-state index contributed by atoms with van der Waals surface area (Å²) in [6.45, 7) is 1.84. The summed E-state index contributed by atoms with van der Waals surface area (Å²) in [4.78, 5) is 13.4. The zero-order valence-electron chi connectivity index (χ0n) is 18.4. The first-order valence-corrected chi connectivity index (χ1v) is 13.7. The summed E-state index contributed by atoms with van der Waals surface area (Å²) in [6.07, 6.45) is 2.57. The smallest absolute Gasteiger partial charge is 0.250 e. The normalized spacial score (nSPS) is 20.2. The minimum atomic E-state index is -3.78. The van der Waals surface area contributed by atoms with Gasteiger partial charge in [-0.25, -0.2) is 8.42 Å². The average molecular weight is 493 g/mol. The van der Waals surface area contributed by atoms with Crippen molar-refractivity contribution in [3.63, 3.8) is 0 Å². The fourth-order valence-electron chi connectivity index (χ4n) is 5.22. The highest BCUT2D eigenvalue weighted by atomic mass is 32.2. The van der Waals surface area contributed by atoms with Crippen molar-refractivity contribution in [2.45, 2.75) is 30.3 Å². The van der Waals surface area contributed by atoms with Gasteiger partial charge in [0.25, 0.3) is 5.56 Å². The number of pyridine rings is 1. The van der Waals surface area contributed by atoms with Crippen LogP contribution in [0.4, 0.5) is 0 Å². The van der Waals surface area contributed by atoms with Crippen LogP contribution in [0.25, 0.3) is 10.6 Å². The van der Waals surface area contributed by atoms with Crippen molar-refractivity contribution >= 4 is 21.4 Å². The maximum atomic E-state index is 14.0. The molecule has 2 aliphatic rings. The van der Waals surface area contributed by atoms with Crippen LogP contribution in [0.5, 0.6) is 0 Å². The standard InChI is InChI=1S/C25H24N4O3S2/c30-24-10-4-8-21-20-12-19(15-29(21)24)14-28(16-20)34(31,32)23-17-27(13-18-6-2-1-3-7-18)26-25(23)22-9-5-11-33-22/h1-11,17,19-20H,12-16H2. The van der Waals surface area contributed by atoms with Gasteiger partial charge >= 0.3 is 0 Å². The molecule has 3 aromatic heterocycles. The second kappa shape index (κ2) is 8.33. The van der Waals surface area contributed by atoms with Gasteiger partial charge in [-0.15, -0.1) is 11.3 Å². The van der Waals surface area contributed by atoms with Gasteiger partial charge in [-0.2, -0.15) is 9.40 Å². The van der Waals surface area contributed by atoms with Crippen molar-refractivity contribution < 1.29 is 8.42 Å². The molecule has 1 aromatic carbocycles. The predicted octanol–water partition coefficient (Wildman–Crippen LogP) is 3.63. The number of fused-ring (bicyclic) bond motifs is 4. The minimum absolute atomic E-state index is 0.00863. The van der Waals surface area contributed by atoms with Gasteiger partial charge in [0.2, 0.25) is 10.0 Å². The Hall–Kier alpha value is -3.01. The topological polar surface area (TPSA) is 77.2 Å². The molecule has 0 spiro atoms. The summed E-state index contributed by atoms with van der Waals surface area (Å²) in [5, 5.41) is 6.64. The largest absolute Gasteiger partial charge is 0.312 e. The molecule has 34 heavy (non-hydrogen) atoms. The predicted molar refractivity (Wildman–Crippen MR) is 131 cm³/mol. The molecule has 7 nitrogen and oxygen atoms in total. The maximum absolute atomic E-state index is 14.0. The molecule has 2 atom stereocenters. The van der Waals surface area contributed by atoms with E-state index in [1.165, 1.54) is 11.3 Å². The number of sulfonamides is 1. The lowest BCUT2D eigenvalue weighted by atomic mass is 9.84. The van der Waals surface area contributed by atoms with Crippen molar-refractivity contribution in [1.29, 1.82) is 0 Å². The van der Waals surface area contributed by atoms with Gasteiger partial charge in [-0.3, -0.25) is 9.48 Å². The lowest BCUT2D eigenvalue weighted by molar-refractivity contribution is 0.186. The molecule has 1 fully saturated rings. The zero-order valence-corrected chi connectivity index (χ0v) is 20.1. The molecule has 9 heteroatoms. The van der Waals surface area contributed by atoms with E-state index in [0.717, 1.165) is 22.6 Å². The van der Waals surface area contributed by atoms with Gasteiger partial charge in [0.1, 0.15) is 10.6 Å². The number of hydrogen-bond acceptors (Lipinski definition) is 5. The van der Waals surface area contributed by atoms with Gasteiger partial charge in [0.15, 0.2) is 0 Å². The molecule has 174 valence electrons. The second-order valence-electron chi connectivity index (χ2n) is 9.02. The number of piperidine rings is 1. The Labute approximate surface area is 202 Å². The Morgan fingerprint density at radius 1 is 0.971 bits per heavy atom. The van der Waals surface area contributed by atoms with E-state index in [0.29, 0.717) is 31.9 Å². The van der Waals surface area contributed by atoms with E-state index in [9.17, 15) is 13.2 Å². The van der Waals surface area contributed by atoms with E-state index < -0.39 is 10.0 Å². The van der Waals surface area contributed by atoms with Crippen molar-refractivity contribution in [3.8, 4) is 10.6 Å². The van der Waals surface area contributed by atoms with Crippen LogP contribution in [0.3, 0.4) is 0 Å². The molecule has 0 amide bonds. The van der Waals surface area contributed by atoms with Crippen molar-refractivity contribution in [2.75, 3.05) is 13.1 Å². The quantitative estimate of drug-likeness (QED) is 0.426. The second-order valence-corrected chi connectivity index (χ2v) is 11.9. The highest BCUT2D eigenvalue weighted by Crippen LogP contribution is 2.39. The van der Waals surface area contributed by atoms with Gasteiger partial charge in [0.05, 0.1) is 11.4 Å². The molecule has 4 aromatic rings. The molecule has 6 rings (SSSR count). The van der Waals surface area contributed by atoms with Crippen LogP contribution >= 0.6 is 11.3 Å². The summed E-state index contributed by atoms with van der Waals surface area (Å²) in [7, 11) is -3.78. The van der Waals surface area contributed by atoms with Crippen LogP contribution in [-0.2, 0) is 23.1 Å². The molecular weight excluding hydrogens is 468 g/mol. The highest BCUT2D eigenvalue weighted by Gasteiger charge is 2.41. The van der Waals surface area contributed by atoms with Crippen LogP contribution in [0.1, 0.15) is 23.6 Å². The summed E-state index contributed by atoms with van der Waals surface area (Å²) >= 11 is 1.48. The summed E-state index contributed by atoms with van der Waals surface area (Å²) in [5.74, 6) is 0.131. The molecule has 1 saturated heterocycles. The van der Waals surface area contributed by atoms with Gasteiger partial charge in [0, 0.05) is 43.5 Å². The highest BCUT2D eigenvalue weighted by molar-refractivity contribution is 7.89. The molecule has 0 saturated carbocycles. The monoisotopic (exact) mass is 492 g/mol. The van der Waals surface area contributed by atoms with E-state index in [1.54, 1.807) is 27.3 Å². The Bertz CT molecular complexity index is 1490. The minimum Gasteiger partial charge on any atom is -0.312 e. The molecule has 2 bridgehead atoms. The number of thiophene rings is 1. The van der Waals surface area contributed by atoms with Gasteiger partial charge in [-0.05, 0) is 35.4 Å². The van der Waals surface area contributed by atoms with E-state index in [2.05, 4.69) is 0 Å². The number of benzene rings is 1. The summed E-state index contributed by atoms with van der Waals surface area (Å²) in [5.41, 5.74) is 2.48. The average Bonchev–Trinajstić information content (AvgIpc) is 3.51. The van der Waals surface area contributed by atoms with Gasteiger partial charge < -0.3 is 4.57 Å². The first-order valence-electron chi connectivity index (χ1n) is 11.3. The number of nitrogens with zero attached hydrogens (tertiary/aromatic N) is 4. The number of aromatic nitrogens is 3. The van der Waals surface area contributed by atoms with Crippen molar-refractivity contribution in [3.05, 3.63) is 93.9 Å². The lowest BCUT2D eigenvalue weighted by Crippen LogP contribution is -2.49. The first kappa shape index (κ1) is 21.5. The van der Waals surface area contributed by atoms with E-state index in [4.69, 9.17) is 5.10 Å². The fourth-order valence-corrected chi connectivity index (χ4v) is 7.71. The van der Waals surface area contributed by atoms with Crippen molar-refractivity contribution in [1.82, 2.24) is 18.7 Å². The lowest BCUT2D eigenvalue weighted by Gasteiger charge is -2.41. The van der Waals surface area contributed by atoms with E-state index in [1.807, 2.05) is 58.5 Å². The van der Waals surface area contributed by atoms with Crippen LogP contribution in [0.15, 0.2) is 81.9 Å². The maximum Gasteiger partial charge on any atom is 0.250 e. The van der Waals surface area contributed by atoms with Crippen LogP contribution in [0, 0.1) is 5.92 Å². The summed E-state index contributed by atoms with van der Waals surface area (Å²) in [6, 6.07) is 19.0. The van der Waals surface area contributed by atoms with E-state index >= 15 is 0 Å². The molecule has 0 N–H and O–H groups in total. The summed E-state index contributed by atoms with van der Waals surface area (Å²) < 4.78 is 33.1. The molecule has 2 unspecified atom stereocenters. The van der Waals surface area contributed by atoms with Crippen LogP contribution in [-0.4, -0.2) is 40.2 Å². The molecule has 5 heterocycles. The fraction of sp³-hybridized carbons (Fsp3) is 0.280. The van der Waals surface area contributed by atoms with Crippen LogP contribution < -0.4 is 5.56 Å². The Balaban J connectivity index is 1.38. The van der Waals surface area contributed by atoms with Crippen LogP contribution in [0.2, 0.25) is 0 Å². The molecule has 2 aliphatic heterocycles. The van der Waals surface area contributed by atoms with Crippen molar-refractivity contribution in [2.24, 2.45) is 5.92 Å². The third-order valence-corrected chi connectivity index (χ3v) is 9.44. The van der Waals surface area contributed by atoms with E-state index in [-0.39, 0.29) is 22.3 Å². The zero-order chi connectivity index (χ0) is 23.3. The first-order chi connectivity index (χ1) is 16.5. The van der Waals surface area contributed by atoms with Gasteiger partial charge in [-0.1, -0.05) is 42.5 Å². The Kier molecular flexibility index (Phi) is 5.28. The Morgan fingerprint density at radius 3 is 2.62 bits per heavy atom. The molecule has 0 radical (unpaired) electrons. The number of hydrogen-bond donors (Lipinski definition) is 0. The molecular formula is C25H24N4O3S2. The third kappa shape index (κ3) is 3.73. The Morgan fingerprint density at radius 2 is 1.82 bits per heavy atom.